The molecule has 0 unspecified atom stereocenters. The topological polar surface area (TPSA) is 72.7 Å². The number of halogens is 4. The second kappa shape index (κ2) is 8.20. The normalized spacial score (nSPS) is 12.7. The van der Waals surface area contributed by atoms with E-state index in [1.165, 1.54) is 16.8 Å². The quantitative estimate of drug-likeness (QED) is 0.563. The molecule has 32 heavy (non-hydrogen) atoms. The third kappa shape index (κ3) is 4.93. The fraction of sp³-hybridized carbons (Fsp3) is 0.364. The van der Waals surface area contributed by atoms with Gasteiger partial charge in [-0.25, -0.2) is 0 Å². The van der Waals surface area contributed by atoms with Crippen LogP contribution in [0.15, 0.2) is 42.5 Å². The standard InChI is InChI=1S/C22H23ClF3N5O/c1-20(2,3)19-28-29-30-31(19)17-11-14(13-6-8-16(23)9-7-13)10-15(12-17)18(32)27-21(4,5)22(24,25)26/h6-12H,1-5H3,(H,27,32). The van der Waals surface area contributed by atoms with Crippen LogP contribution in [0, 0.1) is 0 Å². The summed E-state index contributed by atoms with van der Waals surface area (Å²) in [6.45, 7) is 7.61. The minimum atomic E-state index is -4.62. The Hall–Kier alpha value is -2.94. The van der Waals surface area contributed by atoms with Gasteiger partial charge in [0.15, 0.2) is 5.82 Å². The van der Waals surface area contributed by atoms with E-state index in [0.29, 0.717) is 22.1 Å². The van der Waals surface area contributed by atoms with E-state index >= 15 is 0 Å². The molecule has 0 spiro atoms. The molecule has 0 fully saturated rings. The molecule has 10 heteroatoms. The average Bonchev–Trinajstić information content (AvgIpc) is 3.17. The van der Waals surface area contributed by atoms with Gasteiger partial charge in [-0.3, -0.25) is 4.79 Å². The fourth-order valence-electron chi connectivity index (χ4n) is 2.93. The van der Waals surface area contributed by atoms with Gasteiger partial charge in [-0.1, -0.05) is 44.5 Å². The molecule has 1 aromatic heterocycles. The Morgan fingerprint density at radius 2 is 1.59 bits per heavy atom. The van der Waals surface area contributed by atoms with Crippen LogP contribution in [0.5, 0.6) is 0 Å². The summed E-state index contributed by atoms with van der Waals surface area (Å²) in [4.78, 5) is 12.9. The van der Waals surface area contributed by atoms with Crippen molar-refractivity contribution in [2.45, 2.75) is 51.7 Å². The highest BCUT2D eigenvalue weighted by atomic mass is 35.5. The molecular weight excluding hydrogens is 443 g/mol. The van der Waals surface area contributed by atoms with Crippen molar-refractivity contribution in [3.05, 3.63) is 58.9 Å². The molecule has 0 aliphatic carbocycles. The molecule has 3 rings (SSSR count). The van der Waals surface area contributed by atoms with E-state index in [1.54, 1.807) is 30.3 Å². The van der Waals surface area contributed by atoms with Gasteiger partial charge in [0.1, 0.15) is 5.54 Å². The lowest BCUT2D eigenvalue weighted by Gasteiger charge is -2.29. The molecule has 0 saturated carbocycles. The van der Waals surface area contributed by atoms with Gasteiger partial charge in [-0.15, -0.1) is 5.10 Å². The molecule has 1 amide bonds. The highest BCUT2D eigenvalue weighted by Gasteiger charge is 2.48. The van der Waals surface area contributed by atoms with Crippen LogP contribution < -0.4 is 5.32 Å². The second-order valence-electron chi connectivity index (χ2n) is 9.02. The number of nitrogens with one attached hydrogen (secondary N) is 1. The number of aromatic nitrogens is 4. The van der Waals surface area contributed by atoms with Gasteiger partial charge < -0.3 is 5.32 Å². The van der Waals surface area contributed by atoms with E-state index in [1.807, 2.05) is 20.8 Å². The maximum atomic E-state index is 13.3. The molecule has 0 saturated heterocycles. The van der Waals surface area contributed by atoms with E-state index in [0.717, 1.165) is 19.4 Å². The number of nitrogens with zero attached hydrogens (tertiary/aromatic N) is 4. The Kier molecular flexibility index (Phi) is 6.08. The zero-order chi connectivity index (χ0) is 23.9. The first-order valence-electron chi connectivity index (χ1n) is 9.78. The zero-order valence-electron chi connectivity index (χ0n) is 18.3. The monoisotopic (exact) mass is 465 g/mol. The lowest BCUT2D eigenvalue weighted by molar-refractivity contribution is -0.182. The van der Waals surface area contributed by atoms with Gasteiger partial charge in [0.05, 0.1) is 5.69 Å². The Morgan fingerprint density at radius 3 is 2.16 bits per heavy atom. The highest BCUT2D eigenvalue weighted by Crippen LogP contribution is 2.31. The van der Waals surface area contributed by atoms with E-state index in [9.17, 15) is 18.0 Å². The molecular formula is C22H23ClF3N5O. The van der Waals surface area contributed by atoms with Crippen LogP contribution in [0.25, 0.3) is 16.8 Å². The summed E-state index contributed by atoms with van der Waals surface area (Å²) < 4.78 is 41.4. The van der Waals surface area contributed by atoms with Crippen LogP contribution in [-0.2, 0) is 5.41 Å². The Morgan fingerprint density at radius 1 is 0.969 bits per heavy atom. The van der Waals surface area contributed by atoms with Crippen LogP contribution in [0.1, 0.15) is 50.8 Å². The Balaban J connectivity index is 2.15. The summed E-state index contributed by atoms with van der Waals surface area (Å²) in [5.41, 5.74) is -1.01. The number of carbonyl (C=O) groups excluding carboxylic acids is 1. The van der Waals surface area contributed by atoms with E-state index < -0.39 is 23.0 Å². The third-order valence-corrected chi connectivity index (χ3v) is 5.13. The summed E-state index contributed by atoms with van der Waals surface area (Å²) in [5, 5.41) is 14.5. The molecule has 6 nitrogen and oxygen atoms in total. The third-order valence-electron chi connectivity index (χ3n) is 4.88. The number of amides is 1. The van der Waals surface area contributed by atoms with Crippen LogP contribution >= 0.6 is 11.6 Å². The Bertz CT molecular complexity index is 1130. The molecule has 170 valence electrons. The van der Waals surface area contributed by atoms with Crippen molar-refractivity contribution in [3.63, 3.8) is 0 Å². The maximum absolute atomic E-state index is 13.3. The lowest BCUT2D eigenvalue weighted by atomic mass is 9.95. The van der Waals surface area contributed by atoms with Crippen molar-refractivity contribution in [1.29, 1.82) is 0 Å². The lowest BCUT2D eigenvalue weighted by Crippen LogP contribution is -2.54. The van der Waals surface area contributed by atoms with E-state index in [-0.39, 0.29) is 5.56 Å². The number of rotatable bonds is 4. The zero-order valence-corrected chi connectivity index (χ0v) is 19.0. The first-order valence-corrected chi connectivity index (χ1v) is 10.2. The van der Waals surface area contributed by atoms with Crippen molar-refractivity contribution in [2.75, 3.05) is 0 Å². The Labute approximate surface area is 188 Å². The second-order valence-corrected chi connectivity index (χ2v) is 9.45. The molecule has 0 atom stereocenters. The largest absolute Gasteiger partial charge is 0.410 e. The average molecular weight is 466 g/mol. The van der Waals surface area contributed by atoms with Gasteiger partial charge in [-0.05, 0) is 65.7 Å². The predicted molar refractivity (Wildman–Crippen MR) is 116 cm³/mol. The summed E-state index contributed by atoms with van der Waals surface area (Å²) in [7, 11) is 0. The number of hydrogen-bond acceptors (Lipinski definition) is 4. The smallest absolute Gasteiger partial charge is 0.338 e. The number of alkyl halides is 3. The van der Waals surface area contributed by atoms with Gasteiger partial charge >= 0.3 is 6.18 Å². The van der Waals surface area contributed by atoms with Crippen LogP contribution in [-0.4, -0.2) is 37.8 Å². The molecule has 3 aromatic rings. The predicted octanol–water partition coefficient (Wildman–Crippen LogP) is 5.35. The van der Waals surface area contributed by atoms with Gasteiger partial charge in [0.25, 0.3) is 5.91 Å². The molecule has 0 aliphatic heterocycles. The molecule has 2 aromatic carbocycles. The summed E-state index contributed by atoms with van der Waals surface area (Å²) in [6.07, 6.45) is -4.62. The molecule has 0 radical (unpaired) electrons. The fourth-order valence-corrected chi connectivity index (χ4v) is 3.06. The maximum Gasteiger partial charge on any atom is 0.410 e. The number of carbonyl (C=O) groups is 1. The molecule has 1 heterocycles. The number of benzene rings is 2. The number of hydrogen-bond donors (Lipinski definition) is 1. The SMILES string of the molecule is CC(C)(C)c1nnnn1-c1cc(C(=O)NC(C)(C)C(F)(F)F)cc(-c2ccc(Cl)cc2)c1. The van der Waals surface area contributed by atoms with E-state index in [2.05, 4.69) is 20.8 Å². The summed E-state index contributed by atoms with van der Waals surface area (Å²) in [6, 6.07) is 11.6. The minimum Gasteiger partial charge on any atom is -0.338 e. The van der Waals surface area contributed by atoms with Crippen LogP contribution in [0.3, 0.4) is 0 Å². The van der Waals surface area contributed by atoms with Gasteiger partial charge in [0, 0.05) is 16.0 Å². The van der Waals surface area contributed by atoms with Crippen molar-refractivity contribution in [1.82, 2.24) is 25.5 Å². The molecule has 0 bridgehead atoms. The van der Waals surface area contributed by atoms with Crippen molar-refractivity contribution in [3.8, 4) is 16.8 Å². The first kappa shape index (κ1) is 23.7. The van der Waals surface area contributed by atoms with E-state index in [4.69, 9.17) is 11.6 Å². The van der Waals surface area contributed by atoms with Crippen molar-refractivity contribution < 1.29 is 18.0 Å². The first-order chi connectivity index (χ1) is 14.7. The van der Waals surface area contributed by atoms with Crippen molar-refractivity contribution in [2.24, 2.45) is 0 Å². The highest BCUT2D eigenvalue weighted by molar-refractivity contribution is 6.30. The summed E-state index contributed by atoms with van der Waals surface area (Å²) >= 11 is 5.98. The van der Waals surface area contributed by atoms with Gasteiger partial charge in [0.2, 0.25) is 0 Å². The number of tetrazole rings is 1. The van der Waals surface area contributed by atoms with Crippen LogP contribution in [0.2, 0.25) is 5.02 Å². The molecule has 1 N–H and O–H groups in total. The van der Waals surface area contributed by atoms with Crippen molar-refractivity contribution >= 4 is 17.5 Å². The minimum absolute atomic E-state index is 0.0418. The van der Waals surface area contributed by atoms with Crippen LogP contribution in [0.4, 0.5) is 13.2 Å². The molecule has 0 aliphatic rings. The summed E-state index contributed by atoms with van der Waals surface area (Å²) in [5.74, 6) is -0.331. The van der Waals surface area contributed by atoms with Gasteiger partial charge in [-0.2, -0.15) is 17.9 Å².